The number of halogens is 1. The van der Waals surface area contributed by atoms with Gasteiger partial charge in [0.2, 0.25) is 6.10 Å². The summed E-state index contributed by atoms with van der Waals surface area (Å²) in [6.45, 7) is 0.259. The predicted octanol–water partition coefficient (Wildman–Crippen LogP) is 3.22. The van der Waals surface area contributed by atoms with Crippen LogP contribution in [0.3, 0.4) is 0 Å². The van der Waals surface area contributed by atoms with Gasteiger partial charge in [0.05, 0.1) is 0 Å². The molecule has 1 fully saturated rings. The molecule has 0 bridgehead atoms. The summed E-state index contributed by atoms with van der Waals surface area (Å²) in [4.78, 5) is 38.0. The molecule has 1 N–H and O–H groups in total. The second-order valence-corrected chi connectivity index (χ2v) is 6.86. The third-order valence-corrected chi connectivity index (χ3v) is 4.76. The molecule has 2 aromatic rings. The number of carbonyl (C=O) groups excluding carboxylic acids is 3. The molecule has 140 valence electrons. The Morgan fingerprint density at radius 1 is 1.15 bits per heavy atom. The molecule has 1 atom stereocenters. The molecule has 0 aromatic heterocycles. The van der Waals surface area contributed by atoms with Crippen molar-refractivity contribution < 1.29 is 23.5 Å². The fraction of sp³-hybridized carbons (Fsp3) is 0.211. The maximum absolute atomic E-state index is 13.0. The van der Waals surface area contributed by atoms with E-state index in [9.17, 15) is 18.8 Å². The molecule has 27 heavy (non-hydrogen) atoms. The van der Waals surface area contributed by atoms with E-state index < -0.39 is 23.8 Å². The number of benzene rings is 2. The Morgan fingerprint density at radius 2 is 1.85 bits per heavy atom. The van der Waals surface area contributed by atoms with E-state index >= 15 is 0 Å². The topological polar surface area (TPSA) is 75.7 Å². The van der Waals surface area contributed by atoms with E-state index in [-0.39, 0.29) is 11.8 Å². The zero-order chi connectivity index (χ0) is 19.2. The van der Waals surface area contributed by atoms with E-state index in [4.69, 9.17) is 4.74 Å². The Bertz CT molecular complexity index is 829. The van der Waals surface area contributed by atoms with Crippen LogP contribution in [-0.2, 0) is 14.3 Å². The van der Waals surface area contributed by atoms with E-state index in [0.29, 0.717) is 23.5 Å². The Labute approximate surface area is 159 Å². The van der Waals surface area contributed by atoms with Crippen molar-refractivity contribution in [2.75, 3.05) is 24.2 Å². The van der Waals surface area contributed by atoms with Crippen molar-refractivity contribution in [1.29, 1.82) is 0 Å². The first kappa shape index (κ1) is 18.9. The highest BCUT2D eigenvalue weighted by Crippen LogP contribution is 2.22. The van der Waals surface area contributed by atoms with Crippen molar-refractivity contribution in [2.24, 2.45) is 0 Å². The molecule has 0 unspecified atom stereocenters. The number of hydrogen-bond donors (Lipinski definition) is 1. The summed E-state index contributed by atoms with van der Waals surface area (Å²) in [6, 6.07) is 13.8. The molecule has 3 rings (SSSR count). The summed E-state index contributed by atoms with van der Waals surface area (Å²) in [5.74, 6) is -1.04. The molecule has 8 heteroatoms. The van der Waals surface area contributed by atoms with Gasteiger partial charge in [0, 0.05) is 23.5 Å². The minimum atomic E-state index is -1.19. The van der Waals surface area contributed by atoms with Gasteiger partial charge in [0.25, 0.3) is 11.1 Å². The largest absolute Gasteiger partial charge is 0.446 e. The second-order valence-electron chi connectivity index (χ2n) is 5.81. The van der Waals surface area contributed by atoms with Crippen LogP contribution >= 0.6 is 11.8 Å². The van der Waals surface area contributed by atoms with Crippen molar-refractivity contribution in [2.45, 2.75) is 6.10 Å². The van der Waals surface area contributed by atoms with Gasteiger partial charge in [-0.15, -0.1) is 0 Å². The molecular formula is C19H17FN2O4S. The Balaban J connectivity index is 1.72. The Hall–Kier alpha value is -2.87. The Kier molecular flexibility index (Phi) is 6.08. The molecule has 0 saturated carbocycles. The van der Waals surface area contributed by atoms with Crippen LogP contribution in [0.25, 0.3) is 0 Å². The van der Waals surface area contributed by atoms with E-state index in [2.05, 4.69) is 5.32 Å². The van der Waals surface area contributed by atoms with Gasteiger partial charge in [-0.3, -0.25) is 14.4 Å². The predicted molar refractivity (Wildman–Crippen MR) is 99.7 cm³/mol. The normalized spacial score (nSPS) is 14.7. The van der Waals surface area contributed by atoms with Gasteiger partial charge in [-0.1, -0.05) is 42.1 Å². The standard InChI is InChI=1S/C19H17FN2O4S/c20-14-6-8-15(9-7-14)21-18(24)17(13-4-2-1-3-5-13)26-16(23)12-22-10-11-27-19(22)25/h1-9,17H,10-12H2,(H,21,24)/t17-/m1/s1. The van der Waals surface area contributed by atoms with Crippen molar-refractivity contribution >= 4 is 34.6 Å². The summed E-state index contributed by atoms with van der Waals surface area (Å²) < 4.78 is 18.4. The quantitative estimate of drug-likeness (QED) is 0.769. The second kappa shape index (κ2) is 8.68. The number of carbonyl (C=O) groups is 3. The Morgan fingerprint density at radius 3 is 2.48 bits per heavy atom. The lowest BCUT2D eigenvalue weighted by atomic mass is 10.1. The number of thioether (sulfide) groups is 1. The number of nitrogens with zero attached hydrogens (tertiary/aromatic N) is 1. The van der Waals surface area contributed by atoms with Crippen molar-refractivity contribution in [3.63, 3.8) is 0 Å². The number of hydrogen-bond acceptors (Lipinski definition) is 5. The van der Waals surface area contributed by atoms with E-state index in [0.717, 1.165) is 11.8 Å². The number of amides is 2. The van der Waals surface area contributed by atoms with Gasteiger partial charge >= 0.3 is 5.97 Å². The lowest BCUT2D eigenvalue weighted by Gasteiger charge is -2.20. The average molecular weight is 388 g/mol. The summed E-state index contributed by atoms with van der Waals surface area (Å²) in [6.07, 6.45) is -1.19. The summed E-state index contributed by atoms with van der Waals surface area (Å²) >= 11 is 1.14. The van der Waals surface area contributed by atoms with Crippen LogP contribution in [0.4, 0.5) is 14.9 Å². The van der Waals surface area contributed by atoms with Crippen LogP contribution < -0.4 is 5.32 Å². The highest BCUT2D eigenvalue weighted by molar-refractivity contribution is 8.13. The maximum Gasteiger partial charge on any atom is 0.326 e. The fourth-order valence-corrected chi connectivity index (χ4v) is 3.36. The van der Waals surface area contributed by atoms with Gasteiger partial charge in [0.1, 0.15) is 12.4 Å². The van der Waals surface area contributed by atoms with Crippen LogP contribution in [0, 0.1) is 5.82 Å². The molecule has 0 spiro atoms. The molecule has 2 amide bonds. The van der Waals surface area contributed by atoms with Crippen LogP contribution in [-0.4, -0.2) is 40.9 Å². The third kappa shape index (κ3) is 5.07. The van der Waals surface area contributed by atoms with E-state index in [1.165, 1.54) is 29.2 Å². The maximum atomic E-state index is 13.0. The van der Waals surface area contributed by atoms with Gasteiger partial charge < -0.3 is 15.0 Å². The average Bonchev–Trinajstić information content (AvgIpc) is 3.07. The third-order valence-electron chi connectivity index (χ3n) is 3.87. The van der Waals surface area contributed by atoms with Crippen LogP contribution in [0.5, 0.6) is 0 Å². The summed E-state index contributed by atoms with van der Waals surface area (Å²) in [5.41, 5.74) is 0.872. The van der Waals surface area contributed by atoms with Crippen molar-refractivity contribution in [1.82, 2.24) is 4.90 Å². The molecular weight excluding hydrogens is 371 g/mol. The SMILES string of the molecule is O=C(CN1CCSC1=O)O[C@@H](C(=O)Nc1ccc(F)cc1)c1ccccc1. The molecule has 1 aliphatic rings. The first-order valence-electron chi connectivity index (χ1n) is 8.25. The minimum absolute atomic E-state index is 0.182. The number of rotatable bonds is 6. The lowest BCUT2D eigenvalue weighted by Crippen LogP contribution is -2.34. The van der Waals surface area contributed by atoms with Crippen LogP contribution in [0.15, 0.2) is 54.6 Å². The minimum Gasteiger partial charge on any atom is -0.446 e. The van der Waals surface area contributed by atoms with Crippen LogP contribution in [0.1, 0.15) is 11.7 Å². The van der Waals surface area contributed by atoms with Gasteiger partial charge in [-0.2, -0.15) is 0 Å². The highest BCUT2D eigenvalue weighted by Gasteiger charge is 2.29. The first-order chi connectivity index (χ1) is 13.0. The molecule has 1 aliphatic heterocycles. The van der Waals surface area contributed by atoms with Gasteiger partial charge in [-0.05, 0) is 24.3 Å². The lowest BCUT2D eigenvalue weighted by molar-refractivity contribution is -0.155. The highest BCUT2D eigenvalue weighted by atomic mass is 32.2. The zero-order valence-electron chi connectivity index (χ0n) is 14.3. The van der Waals surface area contributed by atoms with Crippen LogP contribution in [0.2, 0.25) is 0 Å². The number of anilines is 1. The number of ether oxygens (including phenoxy) is 1. The van der Waals surface area contributed by atoms with Gasteiger partial charge in [0.15, 0.2) is 0 Å². The zero-order valence-corrected chi connectivity index (χ0v) is 15.1. The molecule has 0 aliphatic carbocycles. The summed E-state index contributed by atoms with van der Waals surface area (Å²) in [7, 11) is 0. The summed E-state index contributed by atoms with van der Waals surface area (Å²) in [5, 5.41) is 2.43. The molecule has 2 aromatic carbocycles. The van der Waals surface area contributed by atoms with E-state index in [1.807, 2.05) is 0 Å². The smallest absolute Gasteiger partial charge is 0.326 e. The molecule has 0 radical (unpaired) electrons. The molecule has 1 heterocycles. The monoisotopic (exact) mass is 388 g/mol. The van der Waals surface area contributed by atoms with Crippen molar-refractivity contribution in [3.05, 3.63) is 66.0 Å². The van der Waals surface area contributed by atoms with Gasteiger partial charge in [-0.25, -0.2) is 4.39 Å². The fourth-order valence-electron chi connectivity index (χ4n) is 2.54. The van der Waals surface area contributed by atoms with E-state index in [1.54, 1.807) is 30.3 Å². The molecule has 1 saturated heterocycles. The number of nitrogens with one attached hydrogen (secondary N) is 1. The molecule has 6 nitrogen and oxygen atoms in total. The van der Waals surface area contributed by atoms with Crippen molar-refractivity contribution in [3.8, 4) is 0 Å². The number of esters is 1. The first-order valence-corrected chi connectivity index (χ1v) is 9.24.